The number of hydrogen-bond acceptors (Lipinski definition) is 7. The monoisotopic (exact) mass is 609 g/mol. The fraction of sp³-hybridized carbons (Fsp3) is 0.765. The number of carbonyl (C=O) groups excluding carboxylic acids is 2. The summed E-state index contributed by atoms with van der Waals surface area (Å²) >= 11 is 0. The quantitative estimate of drug-likeness (QED) is 0.512. The molecule has 6 rings (SSSR count). The lowest BCUT2D eigenvalue weighted by Crippen LogP contribution is -2.59. The molecule has 1 N–H and O–H groups in total. The van der Waals surface area contributed by atoms with Gasteiger partial charge in [-0.3, -0.25) is 9.69 Å². The van der Waals surface area contributed by atoms with Crippen LogP contribution in [-0.4, -0.2) is 95.2 Å². The zero-order valence-electron chi connectivity index (χ0n) is 28.2. The van der Waals surface area contributed by atoms with E-state index in [0.717, 1.165) is 42.5 Å². The van der Waals surface area contributed by atoms with Crippen LogP contribution < -0.4 is 10.4 Å². The summed E-state index contributed by atoms with van der Waals surface area (Å²) in [6, 6.07) is 6.90. The highest BCUT2D eigenvalue weighted by Crippen LogP contribution is 2.52. The summed E-state index contributed by atoms with van der Waals surface area (Å²) in [5, 5.41) is 10.1. The molecule has 4 aliphatic heterocycles. The first-order chi connectivity index (χ1) is 20.4. The second kappa shape index (κ2) is 10.4. The number of nitrogens with zero attached hydrogens (tertiary/aromatic N) is 3. The molecule has 0 radical (unpaired) electrons. The number of hydrogen-bond donors (Lipinski definition) is 1. The number of fused-ring (bicyclic) bond motifs is 2. The Balaban J connectivity index is 1.28. The van der Waals surface area contributed by atoms with Crippen molar-refractivity contribution in [1.29, 1.82) is 0 Å². The van der Waals surface area contributed by atoms with Crippen LogP contribution in [0.5, 0.6) is 0 Å². The van der Waals surface area contributed by atoms with E-state index in [1.807, 2.05) is 20.8 Å². The van der Waals surface area contributed by atoms with Gasteiger partial charge in [0.15, 0.2) is 0 Å². The van der Waals surface area contributed by atoms with Crippen molar-refractivity contribution < 1.29 is 28.7 Å². The van der Waals surface area contributed by atoms with Gasteiger partial charge in [0.1, 0.15) is 5.60 Å². The molecule has 1 spiro atoms. The van der Waals surface area contributed by atoms with Crippen molar-refractivity contribution in [1.82, 2.24) is 9.80 Å². The maximum absolute atomic E-state index is 14.6. The van der Waals surface area contributed by atoms with Crippen LogP contribution in [0.3, 0.4) is 0 Å². The largest absolute Gasteiger partial charge is 0.494 e. The van der Waals surface area contributed by atoms with Crippen LogP contribution in [0, 0.1) is 5.41 Å². The van der Waals surface area contributed by atoms with Crippen LogP contribution in [0.25, 0.3) is 0 Å². The van der Waals surface area contributed by atoms with Gasteiger partial charge in [-0.15, -0.1) is 0 Å². The van der Waals surface area contributed by atoms with Crippen LogP contribution >= 0.6 is 0 Å². The summed E-state index contributed by atoms with van der Waals surface area (Å²) < 4.78 is 18.5. The third kappa shape index (κ3) is 5.27. The molecular formula is C34H52BN3O6. The van der Waals surface area contributed by atoms with Gasteiger partial charge >= 0.3 is 13.2 Å². The first kappa shape index (κ1) is 31.8. The topological polar surface area (TPSA) is 91.8 Å². The molecule has 9 nitrogen and oxygen atoms in total. The van der Waals surface area contributed by atoms with Crippen LogP contribution in [0.2, 0.25) is 0 Å². The van der Waals surface area contributed by atoms with Gasteiger partial charge in [-0.25, -0.2) is 4.79 Å². The summed E-state index contributed by atoms with van der Waals surface area (Å²) in [4.78, 5) is 33.8. The smallest absolute Gasteiger partial charge is 0.444 e. The predicted molar refractivity (Wildman–Crippen MR) is 171 cm³/mol. The maximum atomic E-state index is 14.6. The summed E-state index contributed by atoms with van der Waals surface area (Å²) in [5.74, 6) is 0.145. The number of rotatable bonds is 4. The van der Waals surface area contributed by atoms with Crippen molar-refractivity contribution in [2.24, 2.45) is 5.41 Å². The number of aliphatic hydroxyl groups is 1. The van der Waals surface area contributed by atoms with Gasteiger partial charge in [0.2, 0.25) is 5.91 Å². The number of anilines is 1. The van der Waals surface area contributed by atoms with E-state index in [-0.39, 0.29) is 36.1 Å². The molecule has 1 saturated carbocycles. The van der Waals surface area contributed by atoms with Crippen molar-refractivity contribution in [3.05, 3.63) is 23.8 Å². The van der Waals surface area contributed by atoms with Gasteiger partial charge < -0.3 is 29.0 Å². The van der Waals surface area contributed by atoms with Crippen molar-refractivity contribution in [2.45, 2.75) is 135 Å². The molecule has 242 valence electrons. The molecule has 2 amide bonds. The average Bonchev–Trinajstić information content (AvgIpc) is 3.41. The molecule has 0 unspecified atom stereocenters. The fourth-order valence-electron chi connectivity index (χ4n) is 8.06. The predicted octanol–water partition coefficient (Wildman–Crippen LogP) is 4.22. The van der Waals surface area contributed by atoms with E-state index in [1.54, 1.807) is 4.90 Å². The van der Waals surface area contributed by atoms with Gasteiger partial charge in [-0.1, -0.05) is 26.0 Å². The standard InChI is InChI=1S/C34H52BN3O6/c1-30(2,3)42-29(41)36-14-12-34(13-15-36)26-11-10-22(35-43-32(6,7)33(8,9)44-35)16-27(26)38(28(34)40)24-17-23(18-24)37-21-31(4,5)19-25(37)20-39/h10-11,16,23-25,39H,12-15,17-21H2,1-9H3/t23-,24+,25-/m0/s1. The first-order valence-corrected chi connectivity index (χ1v) is 16.5. The molecule has 44 heavy (non-hydrogen) atoms. The molecule has 1 aromatic carbocycles. The van der Waals surface area contributed by atoms with Gasteiger partial charge in [-0.05, 0) is 103 Å². The van der Waals surface area contributed by atoms with E-state index in [1.165, 1.54) is 0 Å². The lowest BCUT2D eigenvalue weighted by molar-refractivity contribution is -0.126. The molecule has 3 saturated heterocycles. The molecule has 1 aromatic rings. The third-order valence-corrected chi connectivity index (χ3v) is 11.2. The number of amides is 2. The number of carbonyl (C=O) groups is 2. The Morgan fingerprint density at radius 2 is 1.64 bits per heavy atom. The van der Waals surface area contributed by atoms with E-state index >= 15 is 0 Å². The summed E-state index contributed by atoms with van der Waals surface area (Å²) in [7, 11) is -0.515. The molecule has 10 heteroatoms. The van der Waals surface area contributed by atoms with Crippen molar-refractivity contribution in [3.8, 4) is 0 Å². The lowest BCUT2D eigenvalue weighted by atomic mass is 9.71. The Morgan fingerprint density at radius 3 is 2.20 bits per heavy atom. The number of benzene rings is 1. The Bertz CT molecular complexity index is 1290. The minimum absolute atomic E-state index is 0.0890. The molecule has 1 aliphatic carbocycles. The molecule has 0 bridgehead atoms. The van der Waals surface area contributed by atoms with E-state index in [0.29, 0.717) is 32.0 Å². The van der Waals surface area contributed by atoms with E-state index in [9.17, 15) is 14.7 Å². The minimum atomic E-state index is -0.670. The molecule has 5 aliphatic rings. The number of ether oxygens (including phenoxy) is 1. The first-order valence-electron chi connectivity index (χ1n) is 16.5. The second-order valence-corrected chi connectivity index (χ2v) is 16.7. The van der Waals surface area contributed by atoms with Crippen LogP contribution in [0.15, 0.2) is 18.2 Å². The third-order valence-electron chi connectivity index (χ3n) is 11.2. The van der Waals surface area contributed by atoms with Gasteiger partial charge in [0.05, 0.1) is 23.2 Å². The van der Waals surface area contributed by atoms with Crippen LogP contribution in [0.4, 0.5) is 10.5 Å². The van der Waals surface area contributed by atoms with Crippen LogP contribution in [-0.2, 0) is 24.3 Å². The average molecular weight is 610 g/mol. The zero-order chi connectivity index (χ0) is 32.0. The van der Waals surface area contributed by atoms with Crippen molar-refractivity contribution in [2.75, 3.05) is 31.1 Å². The molecular weight excluding hydrogens is 557 g/mol. The highest BCUT2D eigenvalue weighted by Gasteiger charge is 2.58. The van der Waals surface area contributed by atoms with E-state index in [4.69, 9.17) is 14.0 Å². The maximum Gasteiger partial charge on any atom is 0.494 e. The molecule has 4 fully saturated rings. The van der Waals surface area contributed by atoms with Gasteiger partial charge in [0, 0.05) is 43.4 Å². The summed E-state index contributed by atoms with van der Waals surface area (Å²) in [6.07, 6.45) is 3.57. The van der Waals surface area contributed by atoms with E-state index in [2.05, 4.69) is 69.5 Å². The van der Waals surface area contributed by atoms with Crippen molar-refractivity contribution >= 4 is 30.3 Å². The Morgan fingerprint density at radius 1 is 1.02 bits per heavy atom. The van der Waals surface area contributed by atoms with Gasteiger partial charge in [-0.2, -0.15) is 0 Å². The number of aliphatic hydroxyl groups excluding tert-OH is 1. The molecule has 0 aromatic heterocycles. The number of piperidine rings is 1. The van der Waals surface area contributed by atoms with Gasteiger partial charge in [0.25, 0.3) is 0 Å². The highest BCUT2D eigenvalue weighted by molar-refractivity contribution is 6.62. The van der Waals surface area contributed by atoms with Crippen LogP contribution in [0.1, 0.15) is 100.0 Å². The highest BCUT2D eigenvalue weighted by atomic mass is 16.7. The SMILES string of the molecule is CC1(C)C[C@@H](CO)N([C@H]2C[C@@H](N3C(=O)C4(CCN(C(=O)OC(C)(C)C)CC4)c4ccc(B5OC(C)(C)C(C)(C)O5)cc43)C2)C1. The normalized spacial score (nSPS) is 30.5. The lowest BCUT2D eigenvalue weighted by Gasteiger charge is -2.48. The van der Waals surface area contributed by atoms with Crippen molar-refractivity contribution in [3.63, 3.8) is 0 Å². The molecule has 1 atom stereocenters. The van der Waals surface area contributed by atoms with E-state index < -0.39 is 29.3 Å². The Labute approximate surface area is 263 Å². The Kier molecular flexibility index (Phi) is 7.55. The second-order valence-electron chi connectivity index (χ2n) is 16.7. The fourth-order valence-corrected chi connectivity index (χ4v) is 8.06. The zero-order valence-corrected chi connectivity index (χ0v) is 28.2. The minimum Gasteiger partial charge on any atom is -0.444 e. The summed E-state index contributed by atoms with van der Waals surface area (Å²) in [5.41, 5.74) is 0.938. The summed E-state index contributed by atoms with van der Waals surface area (Å²) in [6.45, 7) is 20.5. The Hall–Kier alpha value is -2.14. The number of likely N-dealkylation sites (tertiary alicyclic amines) is 2. The molecule has 4 heterocycles.